The molecular formula is C19H12ClN3S2. The van der Waals surface area contributed by atoms with E-state index < -0.39 is 0 Å². The van der Waals surface area contributed by atoms with Crippen LogP contribution in [-0.4, -0.2) is 14.8 Å². The summed E-state index contributed by atoms with van der Waals surface area (Å²) in [5, 5.41) is 8.36. The average Bonchev–Trinajstić information content (AvgIpc) is 3.29. The molecule has 25 heavy (non-hydrogen) atoms. The van der Waals surface area contributed by atoms with Crippen LogP contribution in [0.3, 0.4) is 0 Å². The summed E-state index contributed by atoms with van der Waals surface area (Å²) in [6, 6.07) is 16.3. The highest BCUT2D eigenvalue weighted by Crippen LogP contribution is 2.45. The Bertz CT molecular complexity index is 1070. The van der Waals surface area contributed by atoms with Crippen molar-refractivity contribution in [3.63, 3.8) is 0 Å². The molecule has 0 unspecified atom stereocenters. The first-order chi connectivity index (χ1) is 12.3. The van der Waals surface area contributed by atoms with Crippen molar-refractivity contribution < 1.29 is 0 Å². The highest BCUT2D eigenvalue weighted by atomic mass is 35.5. The number of halogens is 1. The normalized spacial score (nSPS) is 12.7. The minimum absolute atomic E-state index is 0.796. The first kappa shape index (κ1) is 15.2. The third-order valence-electron chi connectivity index (χ3n) is 4.18. The standard InChI is InChI=1S/C19H12ClN3S2/c20-15-8-4-7-14-17-13(10-24-18(14)15)9-21-23(17)19-22-16(11-25-19)12-5-2-1-3-6-12/h1-9,11H,10H2. The molecular weight excluding hydrogens is 370 g/mol. The van der Waals surface area contributed by atoms with Gasteiger partial charge in [-0.25, -0.2) is 9.67 Å². The van der Waals surface area contributed by atoms with E-state index >= 15 is 0 Å². The SMILES string of the molecule is Clc1cccc2c1SCc1cnn(-c3nc(-c4ccccc4)cs3)c1-2. The molecule has 0 saturated carbocycles. The summed E-state index contributed by atoms with van der Waals surface area (Å²) in [6.45, 7) is 0. The van der Waals surface area contributed by atoms with Crippen molar-refractivity contribution in [1.29, 1.82) is 0 Å². The molecule has 0 spiro atoms. The van der Waals surface area contributed by atoms with E-state index in [4.69, 9.17) is 16.6 Å². The fraction of sp³-hybridized carbons (Fsp3) is 0.0526. The molecule has 0 fully saturated rings. The summed E-state index contributed by atoms with van der Waals surface area (Å²) in [5.74, 6) is 0.878. The van der Waals surface area contributed by atoms with E-state index in [0.29, 0.717) is 0 Å². The largest absolute Gasteiger partial charge is 0.218 e. The van der Waals surface area contributed by atoms with Gasteiger partial charge < -0.3 is 0 Å². The number of thioether (sulfide) groups is 1. The Balaban J connectivity index is 1.64. The number of thiazole rings is 1. The molecule has 0 saturated heterocycles. The maximum absolute atomic E-state index is 6.39. The van der Waals surface area contributed by atoms with Gasteiger partial charge in [0.1, 0.15) is 0 Å². The second kappa shape index (κ2) is 6.02. The molecule has 0 N–H and O–H groups in total. The lowest BCUT2D eigenvalue weighted by molar-refractivity contribution is 0.875. The van der Waals surface area contributed by atoms with Crippen LogP contribution in [-0.2, 0) is 5.75 Å². The van der Waals surface area contributed by atoms with Gasteiger partial charge in [-0.2, -0.15) is 5.10 Å². The van der Waals surface area contributed by atoms with Crippen molar-refractivity contribution in [2.45, 2.75) is 10.6 Å². The molecule has 3 nitrogen and oxygen atoms in total. The van der Waals surface area contributed by atoms with Crippen LogP contribution in [0.15, 0.2) is 65.0 Å². The number of hydrogen-bond donors (Lipinski definition) is 0. The summed E-state index contributed by atoms with van der Waals surface area (Å²) in [4.78, 5) is 5.93. The van der Waals surface area contributed by atoms with Gasteiger partial charge in [0.2, 0.25) is 5.13 Å². The predicted molar refractivity (Wildman–Crippen MR) is 105 cm³/mol. The fourth-order valence-corrected chi connectivity index (χ4v) is 5.19. The van der Waals surface area contributed by atoms with Crippen LogP contribution in [0.25, 0.3) is 27.6 Å². The van der Waals surface area contributed by atoms with E-state index in [1.165, 1.54) is 5.56 Å². The molecule has 0 amide bonds. The van der Waals surface area contributed by atoms with Gasteiger partial charge in [-0.05, 0) is 6.07 Å². The number of nitrogens with zero attached hydrogens (tertiary/aromatic N) is 3. The molecule has 4 aromatic rings. The van der Waals surface area contributed by atoms with Gasteiger partial charge in [0, 0.05) is 32.7 Å². The van der Waals surface area contributed by atoms with Gasteiger partial charge in [0.25, 0.3) is 0 Å². The van der Waals surface area contributed by atoms with Gasteiger partial charge in [-0.3, -0.25) is 0 Å². The molecule has 3 heterocycles. The van der Waals surface area contributed by atoms with Crippen LogP contribution in [0.5, 0.6) is 0 Å². The molecule has 2 aromatic carbocycles. The Hall–Kier alpha value is -2.08. The highest BCUT2D eigenvalue weighted by Gasteiger charge is 2.24. The number of fused-ring (bicyclic) bond motifs is 3. The minimum atomic E-state index is 0.796. The topological polar surface area (TPSA) is 30.7 Å². The second-order valence-electron chi connectivity index (χ2n) is 5.72. The van der Waals surface area contributed by atoms with Crippen molar-refractivity contribution in [3.05, 3.63) is 70.7 Å². The van der Waals surface area contributed by atoms with E-state index in [9.17, 15) is 0 Å². The molecule has 2 aromatic heterocycles. The summed E-state index contributed by atoms with van der Waals surface area (Å²) in [6.07, 6.45) is 1.94. The molecule has 1 aliphatic heterocycles. The zero-order valence-corrected chi connectivity index (χ0v) is 15.4. The van der Waals surface area contributed by atoms with Crippen LogP contribution < -0.4 is 0 Å². The third kappa shape index (κ3) is 2.51. The first-order valence-electron chi connectivity index (χ1n) is 7.81. The molecule has 0 radical (unpaired) electrons. The van der Waals surface area contributed by atoms with Crippen molar-refractivity contribution in [2.75, 3.05) is 0 Å². The van der Waals surface area contributed by atoms with Crippen molar-refractivity contribution >= 4 is 34.7 Å². The van der Waals surface area contributed by atoms with E-state index in [-0.39, 0.29) is 0 Å². The highest BCUT2D eigenvalue weighted by molar-refractivity contribution is 7.98. The quantitative estimate of drug-likeness (QED) is 0.431. The van der Waals surface area contributed by atoms with Crippen LogP contribution in [0.2, 0.25) is 5.02 Å². The van der Waals surface area contributed by atoms with E-state index in [0.717, 1.165) is 43.3 Å². The van der Waals surface area contributed by atoms with E-state index in [1.807, 2.05) is 41.2 Å². The molecule has 6 heteroatoms. The lowest BCUT2D eigenvalue weighted by Crippen LogP contribution is -2.03. The van der Waals surface area contributed by atoms with Gasteiger partial charge in [-0.1, -0.05) is 54.1 Å². The van der Waals surface area contributed by atoms with Gasteiger partial charge >= 0.3 is 0 Å². The number of hydrogen-bond acceptors (Lipinski definition) is 4. The predicted octanol–water partition coefficient (Wildman–Crippen LogP) is 5.92. The number of benzene rings is 2. The van der Waals surface area contributed by atoms with Crippen molar-refractivity contribution in [3.8, 4) is 27.6 Å². The van der Waals surface area contributed by atoms with Crippen LogP contribution in [0.4, 0.5) is 0 Å². The summed E-state index contributed by atoms with van der Waals surface area (Å²) in [5.41, 5.74) is 5.54. The minimum Gasteiger partial charge on any atom is -0.218 e. The van der Waals surface area contributed by atoms with E-state index in [2.05, 4.69) is 28.7 Å². The van der Waals surface area contributed by atoms with Gasteiger partial charge in [0.15, 0.2) is 0 Å². The van der Waals surface area contributed by atoms with E-state index in [1.54, 1.807) is 23.1 Å². The Morgan fingerprint density at radius 3 is 2.80 bits per heavy atom. The Morgan fingerprint density at radius 1 is 1.04 bits per heavy atom. The summed E-state index contributed by atoms with van der Waals surface area (Å²) >= 11 is 9.76. The number of rotatable bonds is 2. The molecule has 0 bridgehead atoms. The zero-order valence-electron chi connectivity index (χ0n) is 13.0. The summed E-state index contributed by atoms with van der Waals surface area (Å²) in [7, 11) is 0. The molecule has 122 valence electrons. The Morgan fingerprint density at radius 2 is 1.92 bits per heavy atom. The monoisotopic (exact) mass is 381 g/mol. The smallest absolute Gasteiger partial charge is 0.211 e. The first-order valence-corrected chi connectivity index (χ1v) is 10.1. The summed E-state index contributed by atoms with van der Waals surface area (Å²) < 4.78 is 1.95. The third-order valence-corrected chi connectivity index (χ3v) is 6.61. The van der Waals surface area contributed by atoms with Crippen LogP contribution in [0.1, 0.15) is 5.56 Å². The zero-order chi connectivity index (χ0) is 16.8. The van der Waals surface area contributed by atoms with Crippen LogP contribution in [0, 0.1) is 0 Å². The maximum atomic E-state index is 6.39. The molecule has 0 aliphatic carbocycles. The Labute approximate surface area is 158 Å². The fourth-order valence-electron chi connectivity index (χ4n) is 3.02. The maximum Gasteiger partial charge on any atom is 0.211 e. The molecule has 1 aliphatic rings. The lowest BCUT2D eigenvalue weighted by Gasteiger charge is -2.18. The Kier molecular flexibility index (Phi) is 3.66. The average molecular weight is 382 g/mol. The molecule has 0 atom stereocenters. The van der Waals surface area contributed by atoms with Crippen molar-refractivity contribution in [2.24, 2.45) is 0 Å². The second-order valence-corrected chi connectivity index (χ2v) is 7.95. The lowest BCUT2D eigenvalue weighted by atomic mass is 10.1. The molecule has 5 rings (SSSR count). The van der Waals surface area contributed by atoms with Gasteiger partial charge in [-0.15, -0.1) is 23.1 Å². The van der Waals surface area contributed by atoms with Crippen molar-refractivity contribution in [1.82, 2.24) is 14.8 Å². The van der Waals surface area contributed by atoms with Crippen LogP contribution >= 0.6 is 34.7 Å². The van der Waals surface area contributed by atoms with Gasteiger partial charge in [0.05, 0.1) is 22.6 Å². The number of aromatic nitrogens is 3.